The minimum Gasteiger partial charge on any atom is -0.387 e. The molecule has 2 aliphatic heterocycles. The molecule has 2 fully saturated rings. The van der Waals surface area contributed by atoms with Gasteiger partial charge in [0.15, 0.2) is 5.69 Å². The fourth-order valence-corrected chi connectivity index (χ4v) is 4.09. The van der Waals surface area contributed by atoms with Crippen LogP contribution < -0.4 is 0 Å². The third kappa shape index (κ3) is 3.06. The van der Waals surface area contributed by atoms with E-state index in [1.54, 1.807) is 4.90 Å². The van der Waals surface area contributed by atoms with Crippen LogP contribution in [0.25, 0.3) is 0 Å². The summed E-state index contributed by atoms with van der Waals surface area (Å²) in [6.45, 7) is 9.40. The molecule has 4 rings (SSSR count). The molecule has 146 valence electrons. The number of aliphatic hydroxyl groups is 1. The van der Waals surface area contributed by atoms with Gasteiger partial charge in [0.2, 0.25) is 0 Å². The normalized spacial score (nSPS) is 23.8. The lowest BCUT2D eigenvalue weighted by Crippen LogP contribution is -2.63. The third-order valence-electron chi connectivity index (χ3n) is 5.80. The number of likely N-dealkylation sites (tertiary alicyclic amines) is 1. The van der Waals surface area contributed by atoms with E-state index in [4.69, 9.17) is 9.26 Å². The molecule has 2 saturated heterocycles. The van der Waals surface area contributed by atoms with Crippen LogP contribution in [0.3, 0.4) is 0 Å². The summed E-state index contributed by atoms with van der Waals surface area (Å²) in [7, 11) is 0. The Morgan fingerprint density at radius 2 is 2.07 bits per heavy atom. The number of hydrogen-bond donors (Lipinski definition) is 1. The van der Waals surface area contributed by atoms with Gasteiger partial charge in [0.1, 0.15) is 11.4 Å². The van der Waals surface area contributed by atoms with Crippen LogP contribution in [0, 0.1) is 20.8 Å². The van der Waals surface area contributed by atoms with E-state index >= 15 is 0 Å². The van der Waals surface area contributed by atoms with E-state index in [1.807, 2.05) is 38.4 Å². The molecular formula is C19H26N4O4. The van der Waals surface area contributed by atoms with Gasteiger partial charge in [-0.2, -0.15) is 5.10 Å². The van der Waals surface area contributed by atoms with Crippen LogP contribution in [0.5, 0.6) is 0 Å². The highest BCUT2D eigenvalue weighted by atomic mass is 16.5. The quantitative estimate of drug-likeness (QED) is 0.874. The van der Waals surface area contributed by atoms with Crippen molar-refractivity contribution in [1.82, 2.24) is 19.8 Å². The number of amides is 1. The van der Waals surface area contributed by atoms with Crippen LogP contribution in [0.4, 0.5) is 0 Å². The maximum Gasteiger partial charge on any atom is 0.276 e. The van der Waals surface area contributed by atoms with E-state index in [-0.39, 0.29) is 5.91 Å². The minimum atomic E-state index is -0.778. The molecule has 0 saturated carbocycles. The Morgan fingerprint density at radius 1 is 1.33 bits per heavy atom. The number of carbonyl (C=O) groups is 1. The van der Waals surface area contributed by atoms with Crippen molar-refractivity contribution in [2.24, 2.45) is 0 Å². The number of nitrogens with zero attached hydrogens (tertiary/aromatic N) is 4. The Hall–Kier alpha value is -2.19. The lowest BCUT2D eigenvalue weighted by atomic mass is 9.83. The average Bonchev–Trinajstić information content (AvgIpc) is 3.23. The zero-order valence-electron chi connectivity index (χ0n) is 16.3. The molecule has 0 aliphatic carbocycles. The molecule has 1 unspecified atom stereocenters. The highest BCUT2D eigenvalue weighted by molar-refractivity contribution is 5.94. The molecule has 0 aromatic carbocycles. The van der Waals surface area contributed by atoms with Gasteiger partial charge in [-0.05, 0) is 33.3 Å². The number of carbonyl (C=O) groups excluding carboxylic acids is 1. The second-order valence-corrected chi connectivity index (χ2v) is 8.04. The molecule has 8 nitrogen and oxygen atoms in total. The number of ether oxygens (including phenoxy) is 1. The van der Waals surface area contributed by atoms with Gasteiger partial charge in [0.25, 0.3) is 5.91 Å². The molecule has 1 spiro atoms. The van der Waals surface area contributed by atoms with Crippen LogP contribution in [-0.2, 0) is 11.3 Å². The SMILES string of the molecule is CCC1(O)COC2(CN(C(=O)c3noc(C)c3Cn3nc(C)cc3C)C2)C1. The van der Waals surface area contributed by atoms with Crippen molar-refractivity contribution in [3.63, 3.8) is 0 Å². The number of aryl methyl sites for hydroxylation is 3. The predicted octanol–water partition coefficient (Wildman–Crippen LogP) is 1.60. The molecule has 2 aromatic rings. The maximum absolute atomic E-state index is 13.0. The molecule has 2 aliphatic rings. The van der Waals surface area contributed by atoms with Gasteiger partial charge in [-0.15, -0.1) is 0 Å². The number of aromatic nitrogens is 3. The van der Waals surface area contributed by atoms with Crippen molar-refractivity contribution in [2.75, 3.05) is 19.7 Å². The van der Waals surface area contributed by atoms with Crippen LogP contribution in [-0.4, -0.2) is 61.7 Å². The van der Waals surface area contributed by atoms with Crippen molar-refractivity contribution in [2.45, 2.75) is 58.3 Å². The van der Waals surface area contributed by atoms with Gasteiger partial charge >= 0.3 is 0 Å². The monoisotopic (exact) mass is 374 g/mol. The highest BCUT2D eigenvalue weighted by Crippen LogP contribution is 2.41. The summed E-state index contributed by atoms with van der Waals surface area (Å²) >= 11 is 0. The molecule has 0 bridgehead atoms. The first-order valence-corrected chi connectivity index (χ1v) is 9.36. The van der Waals surface area contributed by atoms with Gasteiger partial charge < -0.3 is 19.3 Å². The second-order valence-electron chi connectivity index (χ2n) is 8.04. The first kappa shape index (κ1) is 18.2. The van der Waals surface area contributed by atoms with Crippen molar-refractivity contribution >= 4 is 5.91 Å². The molecule has 1 N–H and O–H groups in total. The Morgan fingerprint density at radius 3 is 2.67 bits per heavy atom. The Kier molecular flexibility index (Phi) is 4.16. The van der Waals surface area contributed by atoms with Gasteiger partial charge in [0, 0.05) is 17.7 Å². The molecule has 8 heteroatoms. The number of rotatable bonds is 4. The van der Waals surface area contributed by atoms with E-state index in [2.05, 4.69) is 10.3 Å². The fraction of sp³-hybridized carbons (Fsp3) is 0.632. The Bertz CT molecular complexity index is 880. The van der Waals surface area contributed by atoms with E-state index < -0.39 is 11.2 Å². The molecule has 4 heterocycles. The van der Waals surface area contributed by atoms with Crippen molar-refractivity contribution in [3.8, 4) is 0 Å². The summed E-state index contributed by atoms with van der Waals surface area (Å²) in [4.78, 5) is 14.7. The van der Waals surface area contributed by atoms with Crippen LogP contribution in [0.15, 0.2) is 10.6 Å². The summed E-state index contributed by atoms with van der Waals surface area (Å²) < 4.78 is 13.0. The standard InChI is InChI=1S/C19H26N4O4/c1-5-18(25)8-19(26-11-18)9-22(10-19)17(24)16-15(14(4)27-21-16)7-23-13(3)6-12(2)20-23/h6,25H,5,7-11H2,1-4H3. The Labute approximate surface area is 158 Å². The van der Waals surface area contributed by atoms with Crippen molar-refractivity contribution < 1.29 is 19.2 Å². The summed E-state index contributed by atoms with van der Waals surface area (Å²) in [5.41, 5.74) is 1.84. The molecule has 2 aromatic heterocycles. The third-order valence-corrected chi connectivity index (χ3v) is 5.80. The topological polar surface area (TPSA) is 93.6 Å². The van der Waals surface area contributed by atoms with Gasteiger partial charge in [-0.1, -0.05) is 12.1 Å². The lowest BCUT2D eigenvalue weighted by Gasteiger charge is -2.47. The van der Waals surface area contributed by atoms with Crippen molar-refractivity contribution in [3.05, 3.63) is 34.5 Å². The fourth-order valence-electron chi connectivity index (χ4n) is 4.09. The maximum atomic E-state index is 13.0. The van der Waals surface area contributed by atoms with Crippen LogP contribution in [0.1, 0.15) is 53.0 Å². The summed E-state index contributed by atoms with van der Waals surface area (Å²) in [5.74, 6) is 0.461. The first-order valence-electron chi connectivity index (χ1n) is 9.36. The zero-order chi connectivity index (χ0) is 19.4. The molecule has 1 amide bonds. The Balaban J connectivity index is 1.49. The predicted molar refractivity (Wildman–Crippen MR) is 96.5 cm³/mol. The largest absolute Gasteiger partial charge is 0.387 e. The average molecular weight is 374 g/mol. The zero-order valence-corrected chi connectivity index (χ0v) is 16.3. The van der Waals surface area contributed by atoms with Crippen LogP contribution in [0.2, 0.25) is 0 Å². The van der Waals surface area contributed by atoms with Crippen LogP contribution >= 0.6 is 0 Å². The molecular weight excluding hydrogens is 348 g/mol. The van der Waals surface area contributed by atoms with Crippen molar-refractivity contribution in [1.29, 1.82) is 0 Å². The van der Waals surface area contributed by atoms with Gasteiger partial charge in [-0.3, -0.25) is 9.48 Å². The minimum absolute atomic E-state index is 0.162. The first-order chi connectivity index (χ1) is 12.7. The summed E-state index contributed by atoms with van der Waals surface area (Å²) in [6.07, 6.45) is 1.22. The summed E-state index contributed by atoms with van der Waals surface area (Å²) in [5, 5.41) is 18.9. The lowest BCUT2D eigenvalue weighted by molar-refractivity contribution is -0.0958. The smallest absolute Gasteiger partial charge is 0.276 e. The number of hydrogen-bond acceptors (Lipinski definition) is 6. The second kappa shape index (κ2) is 6.17. The van der Waals surface area contributed by atoms with E-state index in [1.165, 1.54) is 0 Å². The highest BCUT2D eigenvalue weighted by Gasteiger charge is 2.56. The van der Waals surface area contributed by atoms with Gasteiger partial charge in [0.05, 0.1) is 37.5 Å². The summed E-state index contributed by atoms with van der Waals surface area (Å²) in [6, 6.07) is 2.00. The van der Waals surface area contributed by atoms with E-state index in [0.717, 1.165) is 17.0 Å². The molecule has 0 radical (unpaired) electrons. The van der Waals surface area contributed by atoms with E-state index in [9.17, 15) is 9.90 Å². The van der Waals surface area contributed by atoms with Gasteiger partial charge in [-0.25, -0.2) is 0 Å². The molecule has 27 heavy (non-hydrogen) atoms. The molecule has 1 atom stereocenters. The van der Waals surface area contributed by atoms with E-state index in [0.29, 0.717) is 50.5 Å².